The number of carbonyl (C=O) groups is 3. The first-order valence-corrected chi connectivity index (χ1v) is 11.6. The fraction of sp³-hybridized carbons (Fsp3) is 0.720. The summed E-state index contributed by atoms with van der Waals surface area (Å²) in [6.45, 7) is 6.42. The summed E-state index contributed by atoms with van der Waals surface area (Å²) >= 11 is 0. The Morgan fingerprint density at radius 1 is 1.22 bits per heavy atom. The first-order chi connectivity index (χ1) is 14.9. The summed E-state index contributed by atoms with van der Waals surface area (Å²) in [5, 5.41) is 23.4. The van der Waals surface area contributed by atoms with Gasteiger partial charge in [0, 0.05) is 30.6 Å². The van der Waals surface area contributed by atoms with E-state index in [2.05, 4.69) is 6.92 Å². The van der Waals surface area contributed by atoms with E-state index in [0.717, 1.165) is 24.8 Å². The van der Waals surface area contributed by atoms with Gasteiger partial charge in [0.25, 0.3) is 0 Å². The third-order valence-corrected chi connectivity index (χ3v) is 8.99. The van der Waals surface area contributed by atoms with E-state index in [1.807, 2.05) is 13.0 Å². The highest BCUT2D eigenvalue weighted by Crippen LogP contribution is 2.67. The molecule has 7 nitrogen and oxygen atoms in total. The average molecular weight is 447 g/mol. The number of hydrogen-bond donors (Lipinski definition) is 2. The summed E-state index contributed by atoms with van der Waals surface area (Å²) < 4.78 is 10.6. The van der Waals surface area contributed by atoms with Gasteiger partial charge in [-0.05, 0) is 56.1 Å². The summed E-state index contributed by atoms with van der Waals surface area (Å²) in [6, 6.07) is 0. The van der Waals surface area contributed by atoms with Gasteiger partial charge in [-0.3, -0.25) is 14.4 Å². The highest BCUT2D eigenvalue weighted by molar-refractivity contribution is 6.01. The van der Waals surface area contributed by atoms with Gasteiger partial charge in [-0.15, -0.1) is 0 Å². The minimum absolute atomic E-state index is 0.00370. The largest absolute Gasteiger partial charge is 0.462 e. The predicted octanol–water partition coefficient (Wildman–Crippen LogP) is 2.49. The van der Waals surface area contributed by atoms with Crippen LogP contribution in [0.5, 0.6) is 0 Å². The monoisotopic (exact) mass is 446 g/mol. The van der Waals surface area contributed by atoms with Crippen molar-refractivity contribution < 1.29 is 34.1 Å². The van der Waals surface area contributed by atoms with E-state index < -0.39 is 35.2 Å². The molecule has 176 valence electrons. The van der Waals surface area contributed by atoms with Crippen LogP contribution in [0, 0.1) is 28.6 Å². The molecule has 3 saturated carbocycles. The number of hydrogen-bond acceptors (Lipinski definition) is 7. The number of aliphatic hydroxyl groups excluding tert-OH is 1. The van der Waals surface area contributed by atoms with Crippen LogP contribution in [0.1, 0.15) is 59.8 Å². The molecule has 8 atom stereocenters. The molecule has 4 rings (SSSR count). The van der Waals surface area contributed by atoms with Crippen molar-refractivity contribution in [2.75, 3.05) is 6.61 Å². The molecule has 0 bridgehead atoms. The van der Waals surface area contributed by atoms with Gasteiger partial charge in [-0.1, -0.05) is 25.5 Å². The van der Waals surface area contributed by atoms with E-state index in [-0.39, 0.29) is 35.6 Å². The van der Waals surface area contributed by atoms with Crippen LogP contribution in [0.15, 0.2) is 23.8 Å². The molecule has 0 heterocycles. The van der Waals surface area contributed by atoms with Crippen molar-refractivity contribution in [2.24, 2.45) is 28.6 Å². The van der Waals surface area contributed by atoms with E-state index >= 15 is 0 Å². The average Bonchev–Trinajstić information content (AvgIpc) is 2.96. The molecule has 0 unspecified atom stereocenters. The minimum atomic E-state index is -1.42. The number of ketones is 1. The zero-order chi connectivity index (χ0) is 23.5. The summed E-state index contributed by atoms with van der Waals surface area (Å²) in [4.78, 5) is 35.2. The maximum atomic E-state index is 12.0. The van der Waals surface area contributed by atoms with E-state index in [0.29, 0.717) is 12.8 Å². The summed E-state index contributed by atoms with van der Waals surface area (Å²) in [6.07, 6.45) is 6.69. The molecule has 4 aliphatic rings. The zero-order valence-corrected chi connectivity index (χ0v) is 19.3. The number of aliphatic hydroxyl groups is 2. The molecular formula is C25H34O7. The second-order valence-electron chi connectivity index (χ2n) is 10.6. The smallest absolute Gasteiger partial charge is 0.303 e. The third kappa shape index (κ3) is 3.36. The maximum Gasteiger partial charge on any atom is 0.303 e. The molecule has 32 heavy (non-hydrogen) atoms. The fourth-order valence-corrected chi connectivity index (χ4v) is 7.56. The fourth-order valence-electron chi connectivity index (χ4n) is 7.56. The normalized spacial score (nSPS) is 43.4. The molecule has 0 aromatic rings. The highest BCUT2D eigenvalue weighted by Gasteiger charge is 2.68. The van der Waals surface area contributed by atoms with Crippen molar-refractivity contribution in [2.45, 2.75) is 77.6 Å². The van der Waals surface area contributed by atoms with Crippen molar-refractivity contribution in [1.82, 2.24) is 0 Å². The van der Waals surface area contributed by atoms with Crippen LogP contribution in [-0.2, 0) is 23.9 Å². The van der Waals surface area contributed by atoms with Crippen LogP contribution < -0.4 is 0 Å². The highest BCUT2D eigenvalue weighted by atomic mass is 16.6. The second-order valence-corrected chi connectivity index (χ2v) is 10.6. The van der Waals surface area contributed by atoms with E-state index in [4.69, 9.17) is 9.47 Å². The molecule has 0 saturated heterocycles. The lowest BCUT2D eigenvalue weighted by atomic mass is 9.46. The van der Waals surface area contributed by atoms with E-state index in [9.17, 15) is 24.6 Å². The lowest BCUT2D eigenvalue weighted by Crippen LogP contribution is -2.63. The Hall–Kier alpha value is -1.99. The van der Waals surface area contributed by atoms with E-state index in [1.165, 1.54) is 13.8 Å². The summed E-state index contributed by atoms with van der Waals surface area (Å²) in [5.74, 6) is -0.838. The number of ether oxygens (including phenoxy) is 2. The molecule has 0 spiro atoms. The van der Waals surface area contributed by atoms with Gasteiger partial charge in [0.2, 0.25) is 0 Å². The Bertz CT molecular complexity index is 891. The standard InChI is InChI=1S/C25H34O7/c1-14(26)31-13-21(32-15(2)27)25(30)10-8-19-18-6-5-16-11-17(28)7-9-23(16,3)22(18)20(29)12-24(19,25)4/h7,9,11,18-22,29-30H,5-6,8,10,12-13H2,1-4H3/t18-,19-,20-,21+,22+,23-,24-,25-/m0/s1. The second kappa shape index (κ2) is 7.80. The Kier molecular flexibility index (Phi) is 5.65. The third-order valence-electron chi connectivity index (χ3n) is 8.99. The van der Waals surface area contributed by atoms with Crippen LogP contribution in [0.3, 0.4) is 0 Å². The Morgan fingerprint density at radius 3 is 2.59 bits per heavy atom. The van der Waals surface area contributed by atoms with Gasteiger partial charge < -0.3 is 19.7 Å². The molecular weight excluding hydrogens is 412 g/mol. The van der Waals surface area contributed by atoms with Gasteiger partial charge in [0.15, 0.2) is 11.9 Å². The Labute approximate surface area is 188 Å². The molecule has 0 aromatic carbocycles. The number of fused-ring (bicyclic) bond motifs is 5. The molecule has 7 heteroatoms. The van der Waals surface area contributed by atoms with Gasteiger partial charge in [0.1, 0.15) is 12.2 Å². The number of esters is 2. The zero-order valence-electron chi connectivity index (χ0n) is 19.3. The lowest BCUT2D eigenvalue weighted by Gasteiger charge is -2.60. The maximum absolute atomic E-state index is 12.0. The first-order valence-electron chi connectivity index (χ1n) is 11.6. The van der Waals surface area contributed by atoms with E-state index in [1.54, 1.807) is 12.2 Å². The van der Waals surface area contributed by atoms with Gasteiger partial charge in [0.05, 0.1) is 6.10 Å². The van der Waals surface area contributed by atoms with Crippen LogP contribution >= 0.6 is 0 Å². The predicted molar refractivity (Wildman–Crippen MR) is 115 cm³/mol. The molecule has 0 aromatic heterocycles. The molecule has 0 radical (unpaired) electrons. The van der Waals surface area contributed by atoms with Crippen LogP contribution in [0.4, 0.5) is 0 Å². The Balaban J connectivity index is 1.68. The molecule has 0 aliphatic heterocycles. The summed E-state index contributed by atoms with van der Waals surface area (Å²) in [7, 11) is 0. The van der Waals surface area contributed by atoms with Crippen LogP contribution in [-0.4, -0.2) is 52.4 Å². The Morgan fingerprint density at radius 2 is 1.94 bits per heavy atom. The number of rotatable bonds is 4. The lowest BCUT2D eigenvalue weighted by molar-refractivity contribution is -0.218. The van der Waals surface area contributed by atoms with Gasteiger partial charge in [-0.25, -0.2) is 0 Å². The topological polar surface area (TPSA) is 110 Å². The number of carbonyl (C=O) groups excluding carboxylic acids is 3. The van der Waals surface area contributed by atoms with Crippen molar-refractivity contribution in [3.8, 4) is 0 Å². The first kappa shape index (κ1) is 23.2. The van der Waals surface area contributed by atoms with Crippen molar-refractivity contribution in [1.29, 1.82) is 0 Å². The molecule has 3 fully saturated rings. The molecule has 0 amide bonds. The van der Waals surface area contributed by atoms with Crippen LogP contribution in [0.2, 0.25) is 0 Å². The van der Waals surface area contributed by atoms with Crippen molar-refractivity contribution in [3.05, 3.63) is 23.8 Å². The summed E-state index contributed by atoms with van der Waals surface area (Å²) in [5.41, 5.74) is -1.43. The van der Waals surface area contributed by atoms with Crippen molar-refractivity contribution >= 4 is 17.7 Å². The SMILES string of the molecule is CC(=O)OC[C@@H](OC(C)=O)[C@@]1(O)CC[C@H]2[C@@H]3CCC4=CC(=O)C=C[C@]4(C)[C@H]3[C@@H](O)C[C@@]21C. The minimum Gasteiger partial charge on any atom is -0.462 e. The van der Waals surface area contributed by atoms with Crippen molar-refractivity contribution in [3.63, 3.8) is 0 Å². The number of allylic oxidation sites excluding steroid dienone is 4. The van der Waals surface area contributed by atoms with Crippen LogP contribution in [0.25, 0.3) is 0 Å². The molecule has 4 aliphatic carbocycles. The quantitative estimate of drug-likeness (QED) is 0.639. The molecule has 2 N–H and O–H groups in total. The van der Waals surface area contributed by atoms with Gasteiger partial charge >= 0.3 is 11.9 Å². The van der Waals surface area contributed by atoms with Gasteiger partial charge in [-0.2, -0.15) is 0 Å².